The van der Waals surface area contributed by atoms with Gasteiger partial charge in [0.25, 0.3) is 0 Å². The average Bonchev–Trinajstić information content (AvgIpc) is 2.62. The van der Waals surface area contributed by atoms with Crippen molar-refractivity contribution in [1.29, 1.82) is 0 Å². The van der Waals surface area contributed by atoms with Gasteiger partial charge in [0.05, 0.1) is 6.61 Å². The quantitative estimate of drug-likeness (QED) is 0.678. The molecule has 0 unspecified atom stereocenters. The number of hydrogen-bond acceptors (Lipinski definition) is 4. The fourth-order valence-electron chi connectivity index (χ4n) is 2.57. The summed E-state index contributed by atoms with van der Waals surface area (Å²) in [6, 6.07) is 20.2. The lowest BCUT2D eigenvalue weighted by molar-refractivity contribution is 0.0486. The Balaban J connectivity index is 2.33. The van der Waals surface area contributed by atoms with E-state index < -0.39 is 11.6 Å². The molecule has 3 rings (SSSR count). The van der Waals surface area contributed by atoms with Crippen LogP contribution in [0.5, 0.6) is 0 Å². The first-order chi connectivity index (χ1) is 11.7. The Hall–Kier alpha value is -3.14. The Bertz CT molecular complexity index is 896. The van der Waals surface area contributed by atoms with Gasteiger partial charge in [0.1, 0.15) is 0 Å². The van der Waals surface area contributed by atoms with Crippen LogP contribution in [0.25, 0.3) is 22.3 Å². The highest BCUT2D eigenvalue weighted by atomic mass is 16.5. The van der Waals surface area contributed by atoms with Gasteiger partial charge in [-0.15, -0.1) is 0 Å². The second kappa shape index (κ2) is 6.96. The molecular weight excluding hydrogens is 304 g/mol. The molecule has 0 spiro atoms. The Morgan fingerprint density at radius 3 is 2.12 bits per heavy atom. The van der Waals surface area contributed by atoms with Gasteiger partial charge in [-0.3, -0.25) is 0 Å². The van der Waals surface area contributed by atoms with E-state index in [2.05, 4.69) is 0 Å². The molecule has 24 heavy (non-hydrogen) atoms. The first-order valence-corrected chi connectivity index (χ1v) is 7.67. The minimum Gasteiger partial charge on any atom is -0.460 e. The molecule has 4 nitrogen and oxygen atoms in total. The van der Waals surface area contributed by atoms with Crippen LogP contribution >= 0.6 is 0 Å². The van der Waals surface area contributed by atoms with Gasteiger partial charge in [-0.05, 0) is 18.1 Å². The molecule has 0 N–H and O–H groups in total. The molecule has 1 heterocycles. The molecule has 120 valence electrons. The standard InChI is InChI=1S/C20H16O4/c1-2-23-20(22)19-18(15-11-7-4-8-12-15)16(13-17(21)24-19)14-9-5-3-6-10-14/h3-13H,2H2,1H3. The summed E-state index contributed by atoms with van der Waals surface area (Å²) in [4.78, 5) is 24.3. The van der Waals surface area contributed by atoms with Gasteiger partial charge < -0.3 is 9.15 Å². The number of hydrogen-bond donors (Lipinski definition) is 0. The molecule has 0 aliphatic heterocycles. The van der Waals surface area contributed by atoms with E-state index in [1.807, 2.05) is 60.7 Å². The van der Waals surface area contributed by atoms with Crippen molar-refractivity contribution in [2.45, 2.75) is 6.92 Å². The van der Waals surface area contributed by atoms with Crippen LogP contribution in [-0.4, -0.2) is 12.6 Å². The topological polar surface area (TPSA) is 56.5 Å². The molecule has 0 saturated carbocycles. The number of rotatable bonds is 4. The van der Waals surface area contributed by atoms with Gasteiger partial charge in [0.15, 0.2) is 0 Å². The van der Waals surface area contributed by atoms with Crippen LogP contribution in [0.2, 0.25) is 0 Å². The first-order valence-electron chi connectivity index (χ1n) is 7.67. The number of benzene rings is 2. The van der Waals surface area contributed by atoms with Crippen LogP contribution in [0.15, 0.2) is 75.9 Å². The van der Waals surface area contributed by atoms with E-state index in [0.29, 0.717) is 11.1 Å². The third-order valence-electron chi connectivity index (χ3n) is 3.57. The predicted octanol–water partition coefficient (Wildman–Crippen LogP) is 4.15. The molecule has 2 aromatic carbocycles. The molecule has 0 atom stereocenters. The largest absolute Gasteiger partial charge is 0.460 e. The summed E-state index contributed by atoms with van der Waals surface area (Å²) in [5.74, 6) is -0.722. The first kappa shape index (κ1) is 15.7. The molecule has 1 aromatic heterocycles. The Morgan fingerprint density at radius 2 is 1.54 bits per heavy atom. The monoisotopic (exact) mass is 320 g/mol. The van der Waals surface area contributed by atoms with Crippen molar-refractivity contribution >= 4 is 5.97 Å². The van der Waals surface area contributed by atoms with Crippen molar-refractivity contribution in [2.24, 2.45) is 0 Å². The maximum Gasteiger partial charge on any atom is 0.375 e. The second-order valence-corrected chi connectivity index (χ2v) is 5.14. The third kappa shape index (κ3) is 3.13. The van der Waals surface area contributed by atoms with Crippen molar-refractivity contribution in [3.05, 3.63) is 82.9 Å². The Morgan fingerprint density at radius 1 is 0.958 bits per heavy atom. The third-order valence-corrected chi connectivity index (χ3v) is 3.57. The molecule has 0 aliphatic carbocycles. The summed E-state index contributed by atoms with van der Waals surface area (Å²) in [5, 5.41) is 0. The summed E-state index contributed by atoms with van der Waals surface area (Å²) in [6.07, 6.45) is 0. The molecule has 0 aliphatic rings. The summed E-state index contributed by atoms with van der Waals surface area (Å²) >= 11 is 0. The summed E-state index contributed by atoms with van der Waals surface area (Å²) in [6.45, 7) is 1.91. The van der Waals surface area contributed by atoms with Crippen LogP contribution < -0.4 is 5.63 Å². The van der Waals surface area contributed by atoms with Gasteiger partial charge in [0.2, 0.25) is 5.76 Å². The highest BCUT2D eigenvalue weighted by Crippen LogP contribution is 2.34. The highest BCUT2D eigenvalue weighted by molar-refractivity contribution is 5.99. The van der Waals surface area contributed by atoms with Crippen molar-refractivity contribution in [1.82, 2.24) is 0 Å². The molecule has 0 fully saturated rings. The zero-order valence-electron chi connectivity index (χ0n) is 13.2. The maximum atomic E-state index is 12.3. The van der Waals surface area contributed by atoms with E-state index in [1.165, 1.54) is 6.07 Å². The summed E-state index contributed by atoms with van der Waals surface area (Å²) < 4.78 is 10.3. The zero-order valence-corrected chi connectivity index (χ0v) is 13.2. The Labute approximate surface area is 139 Å². The van der Waals surface area contributed by atoms with Crippen molar-refractivity contribution < 1.29 is 13.9 Å². The van der Waals surface area contributed by atoms with Gasteiger partial charge in [-0.1, -0.05) is 60.7 Å². The smallest absolute Gasteiger partial charge is 0.375 e. The zero-order chi connectivity index (χ0) is 16.9. The normalized spacial score (nSPS) is 10.4. The second-order valence-electron chi connectivity index (χ2n) is 5.14. The molecule has 0 saturated heterocycles. The van der Waals surface area contributed by atoms with Crippen LogP contribution in [0.1, 0.15) is 17.5 Å². The van der Waals surface area contributed by atoms with Crippen molar-refractivity contribution in [2.75, 3.05) is 6.61 Å². The summed E-state index contributed by atoms with van der Waals surface area (Å²) in [5.41, 5.74) is 2.22. The fraction of sp³-hybridized carbons (Fsp3) is 0.100. The van der Waals surface area contributed by atoms with Crippen LogP contribution in [0.3, 0.4) is 0 Å². The van der Waals surface area contributed by atoms with Crippen LogP contribution in [0.4, 0.5) is 0 Å². The molecule has 4 heteroatoms. The average molecular weight is 320 g/mol. The van der Waals surface area contributed by atoms with E-state index in [9.17, 15) is 9.59 Å². The number of carbonyl (C=O) groups excluding carboxylic acids is 1. The SMILES string of the molecule is CCOC(=O)c1oc(=O)cc(-c2ccccc2)c1-c1ccccc1. The molecule has 3 aromatic rings. The lowest BCUT2D eigenvalue weighted by Crippen LogP contribution is -2.12. The number of esters is 1. The maximum absolute atomic E-state index is 12.3. The lowest BCUT2D eigenvalue weighted by Gasteiger charge is -2.13. The van der Waals surface area contributed by atoms with Gasteiger partial charge in [-0.2, -0.15) is 0 Å². The van der Waals surface area contributed by atoms with Gasteiger partial charge in [-0.25, -0.2) is 9.59 Å². The van der Waals surface area contributed by atoms with Gasteiger partial charge >= 0.3 is 11.6 Å². The highest BCUT2D eigenvalue weighted by Gasteiger charge is 2.22. The number of carbonyl (C=O) groups is 1. The van der Waals surface area contributed by atoms with E-state index in [1.54, 1.807) is 6.92 Å². The Kier molecular flexibility index (Phi) is 4.57. The lowest BCUT2D eigenvalue weighted by atomic mass is 9.94. The van der Waals surface area contributed by atoms with Crippen LogP contribution in [-0.2, 0) is 4.74 Å². The molecule has 0 amide bonds. The van der Waals surface area contributed by atoms with E-state index in [0.717, 1.165) is 11.1 Å². The van der Waals surface area contributed by atoms with E-state index >= 15 is 0 Å². The summed E-state index contributed by atoms with van der Waals surface area (Å²) in [7, 11) is 0. The minimum atomic E-state index is -0.647. The van der Waals surface area contributed by atoms with Crippen molar-refractivity contribution in [3.63, 3.8) is 0 Å². The molecular formula is C20H16O4. The van der Waals surface area contributed by atoms with Crippen molar-refractivity contribution in [3.8, 4) is 22.3 Å². The van der Waals surface area contributed by atoms with Crippen LogP contribution in [0, 0.1) is 0 Å². The number of ether oxygens (including phenoxy) is 1. The molecule has 0 bridgehead atoms. The fourth-order valence-corrected chi connectivity index (χ4v) is 2.57. The molecule has 0 radical (unpaired) electrons. The predicted molar refractivity (Wildman–Crippen MR) is 91.8 cm³/mol. The van der Waals surface area contributed by atoms with Gasteiger partial charge in [0, 0.05) is 17.2 Å². The van der Waals surface area contributed by atoms with E-state index in [4.69, 9.17) is 9.15 Å². The minimum absolute atomic E-state index is 0.0746. The van der Waals surface area contributed by atoms with E-state index in [-0.39, 0.29) is 12.4 Å².